The van der Waals surface area contributed by atoms with Crippen molar-refractivity contribution in [3.8, 4) is 0 Å². The molecule has 1 saturated heterocycles. The lowest BCUT2D eigenvalue weighted by molar-refractivity contribution is -0.143. The highest BCUT2D eigenvalue weighted by molar-refractivity contribution is 5.76. The van der Waals surface area contributed by atoms with Crippen LogP contribution in [0.25, 0.3) is 0 Å². The van der Waals surface area contributed by atoms with Crippen LogP contribution in [0.5, 0.6) is 0 Å². The molecule has 6 nitrogen and oxygen atoms in total. The van der Waals surface area contributed by atoms with Crippen LogP contribution in [0, 0.1) is 5.92 Å². The maximum absolute atomic E-state index is 12.5. The Balaban J connectivity index is 2.60. The number of carboxylic acid groups (broad SMARTS) is 1. The van der Waals surface area contributed by atoms with Gasteiger partial charge in [-0.25, -0.2) is 4.79 Å². The van der Waals surface area contributed by atoms with Crippen molar-refractivity contribution >= 4 is 12.0 Å². The summed E-state index contributed by atoms with van der Waals surface area (Å²) in [5.41, 5.74) is 0. The lowest BCUT2D eigenvalue weighted by Crippen LogP contribution is -2.50. The average Bonchev–Trinajstić information content (AvgIpc) is 2.42. The highest BCUT2D eigenvalue weighted by Gasteiger charge is 2.30. The molecule has 0 unspecified atom stereocenters. The molecule has 1 rings (SSSR count). The van der Waals surface area contributed by atoms with Gasteiger partial charge in [0, 0.05) is 32.7 Å². The molecule has 0 radical (unpaired) electrons. The maximum Gasteiger partial charge on any atom is 0.320 e. The number of carbonyl (C=O) groups excluding carboxylic acids is 1. The van der Waals surface area contributed by atoms with Crippen molar-refractivity contribution in [1.29, 1.82) is 0 Å². The third-order valence-corrected chi connectivity index (χ3v) is 3.62. The molecule has 116 valence electrons. The van der Waals surface area contributed by atoms with Gasteiger partial charge in [-0.2, -0.15) is 0 Å². The molecule has 0 aliphatic carbocycles. The lowest BCUT2D eigenvalue weighted by atomic mass is 9.98. The van der Waals surface area contributed by atoms with Gasteiger partial charge in [-0.15, -0.1) is 0 Å². The first-order chi connectivity index (χ1) is 9.45. The first-order valence-electron chi connectivity index (χ1n) is 7.37. The quantitative estimate of drug-likeness (QED) is 0.796. The molecule has 1 aliphatic heterocycles. The van der Waals surface area contributed by atoms with Crippen molar-refractivity contribution in [2.24, 2.45) is 5.92 Å². The van der Waals surface area contributed by atoms with Crippen LogP contribution in [-0.4, -0.2) is 78.6 Å². The molecular formula is C14H27N3O3. The molecule has 1 atom stereocenters. The highest BCUT2D eigenvalue weighted by atomic mass is 16.4. The van der Waals surface area contributed by atoms with E-state index >= 15 is 0 Å². The van der Waals surface area contributed by atoms with E-state index in [1.807, 2.05) is 30.8 Å². The molecule has 2 amide bonds. The fourth-order valence-electron chi connectivity index (χ4n) is 2.45. The van der Waals surface area contributed by atoms with E-state index in [0.717, 1.165) is 25.9 Å². The van der Waals surface area contributed by atoms with Crippen LogP contribution in [0.3, 0.4) is 0 Å². The second-order valence-electron chi connectivity index (χ2n) is 5.70. The lowest BCUT2D eigenvalue weighted by Gasteiger charge is -2.35. The first-order valence-corrected chi connectivity index (χ1v) is 7.37. The number of likely N-dealkylation sites (tertiary alicyclic amines) is 1. The number of amides is 2. The predicted molar refractivity (Wildman–Crippen MR) is 77.7 cm³/mol. The van der Waals surface area contributed by atoms with Gasteiger partial charge in [0.25, 0.3) is 0 Å². The van der Waals surface area contributed by atoms with Crippen molar-refractivity contribution in [1.82, 2.24) is 14.7 Å². The number of likely N-dealkylation sites (N-methyl/N-ethyl adjacent to an activating group) is 1. The molecule has 1 aliphatic rings. The molecule has 0 saturated carbocycles. The van der Waals surface area contributed by atoms with Gasteiger partial charge in [0.05, 0.1) is 5.92 Å². The molecule has 20 heavy (non-hydrogen) atoms. The Kier molecular flexibility index (Phi) is 6.78. The smallest absolute Gasteiger partial charge is 0.320 e. The van der Waals surface area contributed by atoms with Gasteiger partial charge in [-0.3, -0.25) is 4.79 Å². The zero-order chi connectivity index (χ0) is 15.1. The second-order valence-corrected chi connectivity index (χ2v) is 5.70. The molecule has 0 bridgehead atoms. The van der Waals surface area contributed by atoms with Crippen LogP contribution in [0.4, 0.5) is 4.79 Å². The molecule has 0 aromatic rings. The summed E-state index contributed by atoms with van der Waals surface area (Å²) in [5.74, 6) is -1.21. The monoisotopic (exact) mass is 285 g/mol. The summed E-state index contributed by atoms with van der Waals surface area (Å²) in [4.78, 5) is 29.2. The van der Waals surface area contributed by atoms with Crippen molar-refractivity contribution in [2.45, 2.75) is 26.2 Å². The zero-order valence-electron chi connectivity index (χ0n) is 12.8. The van der Waals surface area contributed by atoms with Crippen molar-refractivity contribution in [2.75, 3.05) is 46.8 Å². The SMILES string of the molecule is CCCN(CCN(C)C)C(=O)N1CCC[C@@H](C(=O)O)C1. The first kappa shape index (κ1) is 16.8. The van der Waals surface area contributed by atoms with Crippen LogP contribution in [0.2, 0.25) is 0 Å². The van der Waals surface area contributed by atoms with Gasteiger partial charge in [-0.1, -0.05) is 6.92 Å². The molecule has 0 aromatic heterocycles. The minimum absolute atomic E-state index is 0.0142. The minimum atomic E-state index is -0.794. The zero-order valence-corrected chi connectivity index (χ0v) is 12.8. The Labute approximate surface area is 121 Å². The Bertz CT molecular complexity index is 334. The van der Waals surface area contributed by atoms with Gasteiger partial charge in [-0.05, 0) is 33.4 Å². The van der Waals surface area contributed by atoms with E-state index in [1.54, 1.807) is 4.90 Å². The van der Waals surface area contributed by atoms with Gasteiger partial charge in [0.15, 0.2) is 0 Å². The summed E-state index contributed by atoms with van der Waals surface area (Å²) in [6.45, 7) is 5.30. The van der Waals surface area contributed by atoms with E-state index < -0.39 is 11.9 Å². The van der Waals surface area contributed by atoms with Crippen LogP contribution < -0.4 is 0 Å². The van der Waals surface area contributed by atoms with Crippen molar-refractivity contribution in [3.05, 3.63) is 0 Å². The van der Waals surface area contributed by atoms with Gasteiger partial charge in [0.1, 0.15) is 0 Å². The van der Waals surface area contributed by atoms with Gasteiger partial charge in [0.2, 0.25) is 0 Å². The van der Waals surface area contributed by atoms with E-state index in [-0.39, 0.29) is 6.03 Å². The van der Waals surface area contributed by atoms with E-state index in [2.05, 4.69) is 0 Å². The third-order valence-electron chi connectivity index (χ3n) is 3.62. The van der Waals surface area contributed by atoms with Crippen LogP contribution in [-0.2, 0) is 4.79 Å². The topological polar surface area (TPSA) is 64.1 Å². The molecule has 6 heteroatoms. The number of hydrogen-bond acceptors (Lipinski definition) is 3. The largest absolute Gasteiger partial charge is 0.481 e. The summed E-state index contributed by atoms with van der Waals surface area (Å²) >= 11 is 0. The van der Waals surface area contributed by atoms with E-state index in [1.165, 1.54) is 0 Å². The van der Waals surface area contributed by atoms with E-state index in [0.29, 0.717) is 26.1 Å². The van der Waals surface area contributed by atoms with E-state index in [4.69, 9.17) is 5.11 Å². The molecule has 0 spiro atoms. The summed E-state index contributed by atoms with van der Waals surface area (Å²) in [6, 6.07) is -0.0142. The van der Waals surface area contributed by atoms with Crippen LogP contribution in [0.1, 0.15) is 26.2 Å². The number of aliphatic carboxylic acids is 1. The summed E-state index contributed by atoms with van der Waals surface area (Å²) in [5, 5.41) is 9.10. The van der Waals surface area contributed by atoms with Crippen LogP contribution in [0.15, 0.2) is 0 Å². The Morgan fingerprint density at radius 2 is 1.95 bits per heavy atom. The number of rotatable bonds is 6. The maximum atomic E-state index is 12.5. The third kappa shape index (κ3) is 5.00. The number of carbonyl (C=O) groups is 2. The molecule has 1 fully saturated rings. The fraction of sp³-hybridized carbons (Fsp3) is 0.857. The molecule has 0 aromatic carbocycles. The number of urea groups is 1. The predicted octanol–water partition coefficient (Wildman–Crippen LogP) is 1.18. The molecule has 1 heterocycles. The number of nitrogens with zero attached hydrogens (tertiary/aromatic N) is 3. The van der Waals surface area contributed by atoms with Gasteiger partial charge < -0.3 is 19.8 Å². The Morgan fingerprint density at radius 1 is 1.25 bits per heavy atom. The number of carboxylic acids is 1. The van der Waals surface area contributed by atoms with Crippen molar-refractivity contribution in [3.63, 3.8) is 0 Å². The summed E-state index contributed by atoms with van der Waals surface area (Å²) < 4.78 is 0. The van der Waals surface area contributed by atoms with E-state index in [9.17, 15) is 9.59 Å². The second kappa shape index (κ2) is 8.09. The normalized spacial score (nSPS) is 19.2. The Hall–Kier alpha value is -1.30. The number of piperidine rings is 1. The standard InChI is InChI=1S/C14H27N3O3/c1-4-7-16(10-9-15(2)3)14(20)17-8-5-6-12(11-17)13(18)19/h12H,4-11H2,1-3H3,(H,18,19)/t12-/m1/s1. The minimum Gasteiger partial charge on any atom is -0.481 e. The number of hydrogen-bond donors (Lipinski definition) is 1. The molecule has 1 N–H and O–H groups in total. The average molecular weight is 285 g/mol. The Morgan fingerprint density at radius 3 is 2.50 bits per heavy atom. The van der Waals surface area contributed by atoms with Gasteiger partial charge >= 0.3 is 12.0 Å². The summed E-state index contributed by atoms with van der Waals surface area (Å²) in [6.07, 6.45) is 2.36. The highest BCUT2D eigenvalue weighted by Crippen LogP contribution is 2.18. The fourth-order valence-corrected chi connectivity index (χ4v) is 2.45. The molecular weight excluding hydrogens is 258 g/mol. The summed E-state index contributed by atoms with van der Waals surface area (Å²) in [7, 11) is 3.96. The van der Waals surface area contributed by atoms with Crippen molar-refractivity contribution < 1.29 is 14.7 Å². The van der Waals surface area contributed by atoms with Crippen LogP contribution >= 0.6 is 0 Å².